The van der Waals surface area contributed by atoms with Crippen molar-refractivity contribution in [1.29, 1.82) is 0 Å². The van der Waals surface area contributed by atoms with Crippen molar-refractivity contribution in [2.45, 2.75) is 0 Å². The predicted molar refractivity (Wildman–Crippen MR) is 229 cm³/mol. The van der Waals surface area contributed by atoms with Gasteiger partial charge in [0.25, 0.3) is 0 Å². The number of benzene rings is 9. The van der Waals surface area contributed by atoms with Gasteiger partial charge in [-0.25, -0.2) is 0 Å². The lowest BCUT2D eigenvalue weighted by Gasteiger charge is -2.28. The van der Waals surface area contributed by atoms with Crippen molar-refractivity contribution < 1.29 is 8.83 Å². The Kier molecular flexibility index (Phi) is 7.17. The molecule has 0 aliphatic rings. The average molecular weight is 704 g/mol. The molecule has 0 bridgehead atoms. The second kappa shape index (κ2) is 12.6. The van der Waals surface area contributed by atoms with Crippen LogP contribution in [0.2, 0.25) is 0 Å². The van der Waals surface area contributed by atoms with Crippen LogP contribution in [-0.2, 0) is 0 Å². The van der Waals surface area contributed by atoms with Crippen molar-refractivity contribution in [1.82, 2.24) is 0 Å². The maximum Gasteiger partial charge on any atom is 0.159 e. The number of hydrogen-bond donors (Lipinski definition) is 0. The monoisotopic (exact) mass is 703 g/mol. The third-order valence-corrected chi connectivity index (χ3v) is 10.9. The number of fused-ring (bicyclic) bond motifs is 7. The molecule has 0 aliphatic carbocycles. The van der Waals surface area contributed by atoms with Crippen LogP contribution >= 0.6 is 0 Å². The molecular formula is C52H33NO2. The molecule has 0 amide bonds. The highest BCUT2D eigenvalue weighted by Crippen LogP contribution is 2.47. The number of nitrogens with zero attached hydrogens (tertiary/aromatic N) is 1. The number of rotatable bonds is 6. The lowest BCUT2D eigenvalue weighted by atomic mass is 9.90. The molecular weight excluding hydrogens is 671 g/mol. The summed E-state index contributed by atoms with van der Waals surface area (Å²) in [5, 5.41) is 6.87. The lowest BCUT2D eigenvalue weighted by Crippen LogP contribution is -2.11. The van der Waals surface area contributed by atoms with Gasteiger partial charge in [-0.1, -0.05) is 152 Å². The second-order valence-electron chi connectivity index (χ2n) is 14.0. The van der Waals surface area contributed by atoms with E-state index < -0.39 is 0 Å². The summed E-state index contributed by atoms with van der Waals surface area (Å²) >= 11 is 0. The van der Waals surface area contributed by atoms with E-state index in [1.165, 1.54) is 27.5 Å². The maximum absolute atomic E-state index is 6.71. The summed E-state index contributed by atoms with van der Waals surface area (Å²) in [5.74, 6) is 0. The first-order chi connectivity index (χ1) is 27.3. The number of furan rings is 2. The molecule has 2 aromatic heterocycles. The van der Waals surface area contributed by atoms with Crippen molar-refractivity contribution in [3.8, 4) is 33.4 Å². The van der Waals surface area contributed by atoms with E-state index in [1.54, 1.807) is 0 Å². The Labute approximate surface area is 317 Å². The van der Waals surface area contributed by atoms with Crippen LogP contribution in [0.25, 0.3) is 88.0 Å². The molecule has 0 fully saturated rings. The molecule has 0 atom stereocenters. The van der Waals surface area contributed by atoms with Crippen LogP contribution in [0, 0.1) is 0 Å². The Morgan fingerprint density at radius 2 is 0.909 bits per heavy atom. The molecule has 11 rings (SSSR count). The van der Waals surface area contributed by atoms with Gasteiger partial charge < -0.3 is 13.7 Å². The zero-order valence-corrected chi connectivity index (χ0v) is 29.8. The van der Waals surface area contributed by atoms with Crippen LogP contribution in [0.4, 0.5) is 17.1 Å². The number of hydrogen-bond acceptors (Lipinski definition) is 3. The Balaban J connectivity index is 1.12. The molecule has 0 spiro atoms. The fourth-order valence-electron chi connectivity index (χ4n) is 8.34. The molecule has 0 aliphatic heterocycles. The summed E-state index contributed by atoms with van der Waals surface area (Å²) in [5.41, 5.74) is 13.5. The predicted octanol–water partition coefficient (Wildman–Crippen LogP) is 15.1. The van der Waals surface area contributed by atoms with E-state index in [1.807, 2.05) is 24.3 Å². The largest absolute Gasteiger partial charge is 0.456 e. The Morgan fingerprint density at radius 1 is 0.327 bits per heavy atom. The minimum Gasteiger partial charge on any atom is -0.456 e. The van der Waals surface area contributed by atoms with Gasteiger partial charge in [0.2, 0.25) is 0 Å². The van der Waals surface area contributed by atoms with Crippen LogP contribution in [0.15, 0.2) is 209 Å². The van der Waals surface area contributed by atoms with Crippen molar-refractivity contribution in [3.05, 3.63) is 200 Å². The van der Waals surface area contributed by atoms with Gasteiger partial charge in [0.05, 0.1) is 11.4 Å². The van der Waals surface area contributed by atoms with Gasteiger partial charge in [0.1, 0.15) is 16.7 Å². The molecule has 258 valence electrons. The third kappa shape index (κ3) is 5.13. The normalized spacial score (nSPS) is 11.6. The summed E-state index contributed by atoms with van der Waals surface area (Å²) in [6, 6.07) is 71.0. The highest BCUT2D eigenvalue weighted by Gasteiger charge is 2.23. The van der Waals surface area contributed by atoms with E-state index in [0.29, 0.717) is 0 Å². The first kappa shape index (κ1) is 31.2. The van der Waals surface area contributed by atoms with E-state index in [-0.39, 0.29) is 0 Å². The summed E-state index contributed by atoms with van der Waals surface area (Å²) in [7, 11) is 0. The van der Waals surface area contributed by atoms with Crippen LogP contribution in [0.1, 0.15) is 0 Å². The molecule has 9 aromatic carbocycles. The molecule has 0 radical (unpaired) electrons. The van der Waals surface area contributed by atoms with Gasteiger partial charge in [-0.05, 0) is 87.1 Å². The van der Waals surface area contributed by atoms with Gasteiger partial charge in [-0.2, -0.15) is 0 Å². The summed E-state index contributed by atoms with van der Waals surface area (Å²) in [6.07, 6.45) is 0. The van der Waals surface area contributed by atoms with Gasteiger partial charge in [-0.15, -0.1) is 0 Å². The van der Waals surface area contributed by atoms with Gasteiger partial charge in [-0.3, -0.25) is 0 Å². The highest BCUT2D eigenvalue weighted by molar-refractivity contribution is 6.13. The fraction of sp³-hybridized carbons (Fsp3) is 0. The summed E-state index contributed by atoms with van der Waals surface area (Å²) in [6.45, 7) is 0. The average Bonchev–Trinajstić information content (AvgIpc) is 3.83. The maximum atomic E-state index is 6.71. The molecule has 55 heavy (non-hydrogen) atoms. The van der Waals surface area contributed by atoms with Gasteiger partial charge in [0.15, 0.2) is 5.58 Å². The van der Waals surface area contributed by atoms with Crippen LogP contribution < -0.4 is 4.90 Å². The first-order valence-electron chi connectivity index (χ1n) is 18.7. The standard InChI is InChI=1S/C52H33NO2/c1-2-13-35(14-3-1)39-20-10-15-36-16-11-21-44(51(36)39)40-17-4-7-23-46(40)53(47-24-12-22-45-42-19-6-9-26-49(42)55-52(45)47)38-30-27-34(28-31-38)37-29-32-43-41-18-5-8-25-48(41)54-50(43)33-37/h1-33H. The molecule has 0 unspecified atom stereocenters. The molecule has 3 nitrogen and oxygen atoms in total. The first-order valence-corrected chi connectivity index (χ1v) is 18.7. The van der Waals surface area contributed by atoms with Gasteiger partial charge >= 0.3 is 0 Å². The molecule has 0 saturated heterocycles. The lowest BCUT2D eigenvalue weighted by molar-refractivity contribution is 0.668. The topological polar surface area (TPSA) is 29.5 Å². The zero-order valence-electron chi connectivity index (χ0n) is 29.8. The Bertz CT molecular complexity index is 3200. The van der Waals surface area contributed by atoms with E-state index in [2.05, 4.69) is 181 Å². The van der Waals surface area contributed by atoms with Gasteiger partial charge in [0, 0.05) is 32.8 Å². The third-order valence-electron chi connectivity index (χ3n) is 10.9. The smallest absolute Gasteiger partial charge is 0.159 e. The molecule has 0 saturated carbocycles. The molecule has 3 heteroatoms. The van der Waals surface area contributed by atoms with Crippen molar-refractivity contribution >= 4 is 71.7 Å². The van der Waals surface area contributed by atoms with Crippen molar-refractivity contribution in [3.63, 3.8) is 0 Å². The Hall–Kier alpha value is -7.36. The zero-order chi connectivity index (χ0) is 36.3. The second-order valence-corrected chi connectivity index (χ2v) is 14.0. The molecule has 11 aromatic rings. The van der Waals surface area contributed by atoms with Crippen molar-refractivity contribution in [2.75, 3.05) is 4.90 Å². The Morgan fingerprint density at radius 3 is 1.73 bits per heavy atom. The summed E-state index contributed by atoms with van der Waals surface area (Å²) in [4.78, 5) is 2.36. The van der Waals surface area contributed by atoms with E-state index in [9.17, 15) is 0 Å². The fourth-order valence-corrected chi connectivity index (χ4v) is 8.34. The minimum atomic E-state index is 0.848. The van der Waals surface area contributed by atoms with Crippen LogP contribution in [-0.4, -0.2) is 0 Å². The quantitative estimate of drug-likeness (QED) is 0.173. The van der Waals surface area contributed by atoms with Crippen LogP contribution in [0.5, 0.6) is 0 Å². The highest BCUT2D eigenvalue weighted by atomic mass is 16.3. The SMILES string of the molecule is c1ccc(-c2cccc3cccc(-c4ccccc4N(c4ccc(-c5ccc6c(c5)oc5ccccc56)cc4)c4cccc5c4oc4ccccc45)c23)cc1. The van der Waals surface area contributed by atoms with E-state index in [0.717, 1.165) is 77.6 Å². The van der Waals surface area contributed by atoms with Crippen molar-refractivity contribution in [2.24, 2.45) is 0 Å². The van der Waals surface area contributed by atoms with E-state index in [4.69, 9.17) is 8.83 Å². The van der Waals surface area contributed by atoms with E-state index >= 15 is 0 Å². The number of anilines is 3. The molecule has 0 N–H and O–H groups in total. The molecule has 2 heterocycles. The summed E-state index contributed by atoms with van der Waals surface area (Å²) < 4.78 is 13.0. The van der Waals surface area contributed by atoms with Crippen LogP contribution in [0.3, 0.4) is 0 Å². The number of para-hydroxylation sites is 4. The minimum absolute atomic E-state index is 0.848.